The fraction of sp³-hybridized carbons (Fsp3) is 0.286. The van der Waals surface area contributed by atoms with Crippen molar-refractivity contribution in [2.75, 3.05) is 38.5 Å². The van der Waals surface area contributed by atoms with E-state index >= 15 is 0 Å². The summed E-state index contributed by atoms with van der Waals surface area (Å²) in [6, 6.07) is 12.9. The fourth-order valence-electron chi connectivity index (χ4n) is 3.40. The van der Waals surface area contributed by atoms with Gasteiger partial charge >= 0.3 is 0 Å². The maximum atomic E-state index is 12.5. The second kappa shape index (κ2) is 9.16. The molecule has 0 bridgehead atoms. The third-order valence-corrected chi connectivity index (χ3v) is 5.87. The van der Waals surface area contributed by atoms with Crippen LogP contribution in [0.25, 0.3) is 10.9 Å². The first-order valence-corrected chi connectivity index (χ1v) is 10.8. The Labute approximate surface area is 187 Å². The Morgan fingerprint density at radius 1 is 1.13 bits per heavy atom. The molecule has 0 atom stereocenters. The zero-order valence-electron chi connectivity index (χ0n) is 16.2. The number of piperazine rings is 1. The fourth-order valence-corrected chi connectivity index (χ4v) is 4.20. The van der Waals surface area contributed by atoms with Crippen LogP contribution in [0.2, 0.25) is 5.02 Å². The van der Waals surface area contributed by atoms with Crippen LogP contribution in [0.4, 0.5) is 5.82 Å². The summed E-state index contributed by atoms with van der Waals surface area (Å²) in [6.07, 6.45) is 0. The molecule has 2 N–H and O–H groups in total. The average Bonchev–Trinajstić information content (AvgIpc) is 2.73. The van der Waals surface area contributed by atoms with Crippen LogP contribution in [0.3, 0.4) is 0 Å². The zero-order valence-corrected chi connectivity index (χ0v) is 18.6. The molecule has 2 aromatic carbocycles. The molecule has 4 rings (SSSR count). The normalized spacial score (nSPS) is 14.8. The molecule has 1 aromatic heterocycles. The summed E-state index contributed by atoms with van der Waals surface area (Å²) in [7, 11) is 0. The number of hydrogen-bond donors (Lipinski definition) is 1. The van der Waals surface area contributed by atoms with Crippen LogP contribution >= 0.6 is 27.5 Å². The molecule has 1 aliphatic heterocycles. The maximum Gasteiger partial charge on any atom is 0.260 e. The molecule has 3 aromatic rings. The van der Waals surface area contributed by atoms with Crippen molar-refractivity contribution >= 4 is 50.2 Å². The molecule has 156 valence electrons. The minimum absolute atomic E-state index is 0.00937. The Bertz CT molecular complexity index is 1070. The summed E-state index contributed by atoms with van der Waals surface area (Å²) in [5, 5.41) is 1.47. The van der Waals surface area contributed by atoms with E-state index in [-0.39, 0.29) is 12.5 Å². The lowest BCUT2D eigenvalue weighted by Gasteiger charge is -2.34. The van der Waals surface area contributed by atoms with Gasteiger partial charge in [-0.05, 0) is 46.3 Å². The van der Waals surface area contributed by atoms with Gasteiger partial charge in [0.1, 0.15) is 17.4 Å². The van der Waals surface area contributed by atoms with Gasteiger partial charge in [-0.25, -0.2) is 9.97 Å². The SMILES string of the molecule is Nc1nc(CN2CCN(C(=O)COc3ccc(Cl)cc3Br)CC2)nc2ccccc12. The van der Waals surface area contributed by atoms with E-state index in [2.05, 4.69) is 30.8 Å². The highest BCUT2D eigenvalue weighted by atomic mass is 79.9. The molecule has 0 saturated carbocycles. The van der Waals surface area contributed by atoms with Gasteiger partial charge in [-0.1, -0.05) is 23.7 Å². The van der Waals surface area contributed by atoms with Gasteiger partial charge < -0.3 is 15.4 Å². The van der Waals surface area contributed by atoms with Gasteiger partial charge in [0.2, 0.25) is 0 Å². The number of benzene rings is 2. The van der Waals surface area contributed by atoms with E-state index < -0.39 is 0 Å². The van der Waals surface area contributed by atoms with E-state index in [1.807, 2.05) is 29.2 Å². The predicted octanol–water partition coefficient (Wildman–Crippen LogP) is 3.35. The lowest BCUT2D eigenvalue weighted by molar-refractivity contribution is -0.135. The van der Waals surface area contributed by atoms with E-state index in [1.54, 1.807) is 18.2 Å². The molecule has 2 heterocycles. The van der Waals surface area contributed by atoms with Crippen LogP contribution < -0.4 is 10.5 Å². The number of rotatable bonds is 5. The largest absolute Gasteiger partial charge is 0.483 e. The van der Waals surface area contributed by atoms with E-state index in [0.29, 0.717) is 42.0 Å². The van der Waals surface area contributed by atoms with Gasteiger partial charge in [-0.3, -0.25) is 9.69 Å². The Morgan fingerprint density at radius 2 is 1.90 bits per heavy atom. The standard InChI is InChI=1S/C21H21BrClN5O2/c22-16-11-14(23)5-6-18(16)30-13-20(29)28-9-7-27(8-10-28)12-19-25-17-4-2-1-3-15(17)21(24)26-19/h1-6,11H,7-10,12-13H2,(H2,24,25,26). The van der Waals surface area contributed by atoms with Crippen LogP contribution in [0.5, 0.6) is 5.75 Å². The van der Waals surface area contributed by atoms with E-state index in [0.717, 1.165) is 28.5 Å². The third-order valence-electron chi connectivity index (χ3n) is 5.01. The molecule has 9 heteroatoms. The van der Waals surface area contributed by atoms with Crippen LogP contribution in [-0.2, 0) is 11.3 Å². The number of anilines is 1. The number of fused-ring (bicyclic) bond motifs is 1. The minimum Gasteiger partial charge on any atom is -0.483 e. The first kappa shape index (κ1) is 20.8. The Morgan fingerprint density at radius 3 is 2.67 bits per heavy atom. The van der Waals surface area contributed by atoms with Gasteiger partial charge in [0, 0.05) is 36.6 Å². The molecule has 0 unspecified atom stereocenters. The maximum absolute atomic E-state index is 12.5. The van der Waals surface area contributed by atoms with Gasteiger partial charge in [-0.15, -0.1) is 0 Å². The summed E-state index contributed by atoms with van der Waals surface area (Å²) in [6.45, 7) is 3.34. The van der Waals surface area contributed by atoms with E-state index in [9.17, 15) is 4.79 Å². The topological polar surface area (TPSA) is 84.6 Å². The lowest BCUT2D eigenvalue weighted by atomic mass is 10.2. The highest BCUT2D eigenvalue weighted by Gasteiger charge is 2.22. The summed E-state index contributed by atoms with van der Waals surface area (Å²) < 4.78 is 6.36. The lowest BCUT2D eigenvalue weighted by Crippen LogP contribution is -2.49. The van der Waals surface area contributed by atoms with Crippen molar-refractivity contribution in [1.82, 2.24) is 19.8 Å². The Balaban J connectivity index is 1.30. The number of carbonyl (C=O) groups is 1. The number of para-hydroxylation sites is 1. The minimum atomic E-state index is -0.0392. The average molecular weight is 491 g/mol. The second-order valence-corrected chi connectivity index (χ2v) is 8.35. The van der Waals surface area contributed by atoms with Crippen LogP contribution in [0.15, 0.2) is 46.9 Å². The van der Waals surface area contributed by atoms with Crippen molar-refractivity contribution in [3.8, 4) is 5.75 Å². The number of nitrogen functional groups attached to an aromatic ring is 1. The number of carbonyl (C=O) groups excluding carboxylic acids is 1. The molecule has 7 nitrogen and oxygen atoms in total. The summed E-state index contributed by atoms with van der Waals surface area (Å²) in [5.74, 6) is 1.75. The first-order chi connectivity index (χ1) is 14.5. The van der Waals surface area contributed by atoms with Crippen molar-refractivity contribution in [3.05, 3.63) is 57.8 Å². The number of halogens is 2. The van der Waals surface area contributed by atoms with Crippen molar-refractivity contribution in [1.29, 1.82) is 0 Å². The second-order valence-electron chi connectivity index (χ2n) is 7.06. The molecular weight excluding hydrogens is 470 g/mol. The molecule has 30 heavy (non-hydrogen) atoms. The highest BCUT2D eigenvalue weighted by molar-refractivity contribution is 9.10. The van der Waals surface area contributed by atoms with Gasteiger partial charge in [0.15, 0.2) is 6.61 Å². The van der Waals surface area contributed by atoms with Gasteiger partial charge in [0.25, 0.3) is 5.91 Å². The van der Waals surface area contributed by atoms with Crippen molar-refractivity contribution in [2.24, 2.45) is 0 Å². The Kier molecular flexibility index (Phi) is 6.36. The molecule has 0 spiro atoms. The summed E-state index contributed by atoms with van der Waals surface area (Å²) >= 11 is 9.32. The molecule has 1 amide bonds. The van der Waals surface area contributed by atoms with Gasteiger partial charge in [0.05, 0.1) is 16.5 Å². The summed E-state index contributed by atoms with van der Waals surface area (Å²) in [4.78, 5) is 25.6. The Hall–Kier alpha value is -2.42. The highest BCUT2D eigenvalue weighted by Crippen LogP contribution is 2.28. The van der Waals surface area contributed by atoms with Crippen LogP contribution in [0, 0.1) is 0 Å². The third kappa shape index (κ3) is 4.83. The molecule has 1 aliphatic rings. The van der Waals surface area contributed by atoms with Gasteiger partial charge in [-0.2, -0.15) is 0 Å². The van der Waals surface area contributed by atoms with Crippen molar-refractivity contribution in [3.63, 3.8) is 0 Å². The van der Waals surface area contributed by atoms with Crippen molar-refractivity contribution < 1.29 is 9.53 Å². The molecule has 1 saturated heterocycles. The molecule has 0 aliphatic carbocycles. The number of aromatic nitrogens is 2. The van der Waals surface area contributed by atoms with Crippen LogP contribution in [0.1, 0.15) is 5.82 Å². The number of ether oxygens (including phenoxy) is 1. The quantitative estimate of drug-likeness (QED) is 0.590. The molecule has 1 fully saturated rings. The number of nitrogens with zero attached hydrogens (tertiary/aromatic N) is 4. The number of hydrogen-bond acceptors (Lipinski definition) is 6. The predicted molar refractivity (Wildman–Crippen MR) is 120 cm³/mol. The molecule has 0 radical (unpaired) electrons. The first-order valence-electron chi connectivity index (χ1n) is 9.59. The van der Waals surface area contributed by atoms with E-state index in [4.69, 9.17) is 22.1 Å². The monoisotopic (exact) mass is 489 g/mol. The summed E-state index contributed by atoms with van der Waals surface area (Å²) in [5.41, 5.74) is 6.92. The van der Waals surface area contributed by atoms with Crippen LogP contribution in [-0.4, -0.2) is 58.5 Å². The van der Waals surface area contributed by atoms with Crippen molar-refractivity contribution in [2.45, 2.75) is 6.54 Å². The zero-order chi connectivity index (χ0) is 21.1. The number of nitrogens with two attached hydrogens (primary N) is 1. The molecular formula is C21H21BrClN5O2. The smallest absolute Gasteiger partial charge is 0.260 e. The van der Waals surface area contributed by atoms with E-state index in [1.165, 1.54) is 0 Å². The number of amides is 1.